The lowest BCUT2D eigenvalue weighted by atomic mass is 9.98. The van der Waals surface area contributed by atoms with Crippen molar-refractivity contribution in [2.75, 3.05) is 32.8 Å². The van der Waals surface area contributed by atoms with Gasteiger partial charge in [0.25, 0.3) is 5.91 Å². The summed E-state index contributed by atoms with van der Waals surface area (Å²) in [5, 5.41) is 10.9. The highest BCUT2D eigenvalue weighted by Crippen LogP contribution is 2.41. The van der Waals surface area contributed by atoms with E-state index in [1.165, 1.54) is 6.07 Å². The molecule has 7 nitrogen and oxygen atoms in total. The van der Waals surface area contributed by atoms with E-state index in [1.807, 2.05) is 6.92 Å². The molecule has 2 heterocycles. The van der Waals surface area contributed by atoms with Crippen molar-refractivity contribution in [1.29, 1.82) is 0 Å². The van der Waals surface area contributed by atoms with Crippen LogP contribution in [0.25, 0.3) is 11.0 Å². The molecule has 1 aliphatic heterocycles. The van der Waals surface area contributed by atoms with Gasteiger partial charge in [-0.1, -0.05) is 31.5 Å². The summed E-state index contributed by atoms with van der Waals surface area (Å²) in [6, 6.07) is 9.07. The minimum absolute atomic E-state index is 0.000517. The minimum Gasteiger partial charge on any atom is -0.504 e. The summed E-state index contributed by atoms with van der Waals surface area (Å²) >= 11 is 6.14. The number of hydrogen-bond acceptors (Lipinski definition) is 6. The number of rotatable bonds is 9. The fourth-order valence-corrected chi connectivity index (χ4v) is 4.72. The van der Waals surface area contributed by atoms with Crippen molar-refractivity contribution in [2.45, 2.75) is 33.2 Å². The molecule has 1 atom stereocenters. The number of nitrogens with zero attached hydrogens (tertiary/aromatic N) is 2. The van der Waals surface area contributed by atoms with Crippen LogP contribution in [-0.4, -0.2) is 53.6 Å². The Morgan fingerprint density at radius 2 is 1.88 bits per heavy atom. The van der Waals surface area contributed by atoms with Crippen molar-refractivity contribution >= 4 is 28.5 Å². The Kier molecular flexibility index (Phi) is 7.14. The molecule has 0 saturated heterocycles. The topological polar surface area (TPSA) is 83.2 Å². The summed E-state index contributed by atoms with van der Waals surface area (Å²) in [6.45, 7) is 9.54. The normalized spacial score (nSPS) is 15.4. The Balaban J connectivity index is 1.83. The third-order valence-corrected chi connectivity index (χ3v) is 6.53. The Labute approximate surface area is 203 Å². The van der Waals surface area contributed by atoms with E-state index in [2.05, 4.69) is 18.7 Å². The van der Waals surface area contributed by atoms with E-state index in [9.17, 15) is 14.7 Å². The van der Waals surface area contributed by atoms with Crippen LogP contribution in [0.15, 0.2) is 45.6 Å². The molecule has 2 aromatic carbocycles. The zero-order valence-electron chi connectivity index (χ0n) is 19.6. The molecule has 1 aromatic heterocycles. The first-order valence-corrected chi connectivity index (χ1v) is 12.0. The van der Waals surface area contributed by atoms with Crippen LogP contribution < -0.4 is 10.2 Å². The summed E-state index contributed by atoms with van der Waals surface area (Å²) in [6.07, 6.45) is 0.744. The first kappa shape index (κ1) is 24.1. The lowest BCUT2D eigenvalue weighted by Gasteiger charge is -2.27. The van der Waals surface area contributed by atoms with E-state index in [1.54, 1.807) is 35.2 Å². The highest BCUT2D eigenvalue weighted by molar-refractivity contribution is 6.31. The molecule has 1 amide bonds. The monoisotopic (exact) mass is 484 g/mol. The summed E-state index contributed by atoms with van der Waals surface area (Å²) in [5.74, 6) is 0.0380. The molecule has 0 spiro atoms. The second kappa shape index (κ2) is 10.1. The highest BCUT2D eigenvalue weighted by atomic mass is 35.5. The van der Waals surface area contributed by atoms with Crippen molar-refractivity contribution in [3.8, 4) is 11.5 Å². The smallest absolute Gasteiger partial charge is 0.290 e. The second-order valence-electron chi connectivity index (χ2n) is 8.26. The summed E-state index contributed by atoms with van der Waals surface area (Å²) in [7, 11) is 0. The number of halogens is 1. The zero-order valence-corrected chi connectivity index (χ0v) is 20.4. The van der Waals surface area contributed by atoms with Gasteiger partial charge in [-0.2, -0.15) is 0 Å². The maximum atomic E-state index is 13.6. The number of benzene rings is 2. The third-order valence-electron chi connectivity index (χ3n) is 6.29. The molecule has 0 aliphatic carbocycles. The lowest BCUT2D eigenvalue weighted by molar-refractivity contribution is 0.0720. The van der Waals surface area contributed by atoms with Gasteiger partial charge < -0.3 is 24.1 Å². The van der Waals surface area contributed by atoms with Crippen LogP contribution in [0.1, 0.15) is 54.9 Å². The average molecular weight is 485 g/mol. The number of aromatic hydroxyl groups is 1. The second-order valence-corrected chi connectivity index (χ2v) is 8.69. The molecule has 34 heavy (non-hydrogen) atoms. The van der Waals surface area contributed by atoms with E-state index < -0.39 is 6.04 Å². The summed E-state index contributed by atoms with van der Waals surface area (Å²) in [5.41, 5.74) is 1.00. The van der Waals surface area contributed by atoms with E-state index in [0.717, 1.165) is 26.1 Å². The van der Waals surface area contributed by atoms with Crippen molar-refractivity contribution in [2.24, 2.45) is 0 Å². The van der Waals surface area contributed by atoms with E-state index in [4.69, 9.17) is 20.8 Å². The minimum atomic E-state index is -0.654. The molecule has 1 unspecified atom stereocenters. The first-order chi connectivity index (χ1) is 16.4. The van der Waals surface area contributed by atoms with Gasteiger partial charge in [0.1, 0.15) is 5.58 Å². The Bertz CT molecular complexity index is 1270. The number of carbonyl (C=O) groups excluding carboxylic acids is 1. The number of phenols is 1. The molecule has 8 heteroatoms. The Hall–Kier alpha value is -3.03. The van der Waals surface area contributed by atoms with Gasteiger partial charge in [-0.05, 0) is 68.9 Å². The molecule has 180 valence electrons. The molecule has 0 radical (unpaired) electrons. The standard InChI is InChI=1S/C26H29ClN2O5/c1-4-28(5-2)12-7-13-29-23(16-8-10-19(30)21(14-16)33-6-3)22-24(31)18-15-17(27)9-11-20(18)34-25(22)26(29)32/h8-11,14-15,23,30H,4-7,12-13H2,1-3H3. The number of hydrogen-bond donors (Lipinski definition) is 1. The van der Waals surface area contributed by atoms with Gasteiger partial charge in [0, 0.05) is 11.6 Å². The van der Waals surface area contributed by atoms with Gasteiger partial charge in [0.05, 0.1) is 23.6 Å². The van der Waals surface area contributed by atoms with Crippen molar-refractivity contribution in [3.63, 3.8) is 0 Å². The SMILES string of the molecule is CCOc1cc(C2c3c(oc4ccc(Cl)cc4c3=O)C(=O)N2CCCN(CC)CC)ccc1O. The van der Waals surface area contributed by atoms with Crippen molar-refractivity contribution in [1.82, 2.24) is 9.80 Å². The van der Waals surface area contributed by atoms with Crippen LogP contribution in [0, 0.1) is 0 Å². The molecule has 1 aliphatic rings. The number of amides is 1. The van der Waals surface area contributed by atoms with Crippen molar-refractivity contribution < 1.29 is 19.1 Å². The van der Waals surface area contributed by atoms with Crippen LogP contribution in [0.3, 0.4) is 0 Å². The van der Waals surface area contributed by atoms with Gasteiger partial charge in [0.2, 0.25) is 5.76 Å². The molecule has 3 aromatic rings. The summed E-state index contributed by atoms with van der Waals surface area (Å²) in [4.78, 5) is 31.1. The zero-order chi connectivity index (χ0) is 24.4. The van der Waals surface area contributed by atoms with E-state index in [-0.39, 0.29) is 28.4 Å². The van der Waals surface area contributed by atoms with Crippen LogP contribution in [0.5, 0.6) is 11.5 Å². The van der Waals surface area contributed by atoms with Crippen LogP contribution in [0.2, 0.25) is 5.02 Å². The Morgan fingerprint density at radius 1 is 1.12 bits per heavy atom. The predicted molar refractivity (Wildman–Crippen MR) is 132 cm³/mol. The van der Waals surface area contributed by atoms with E-state index >= 15 is 0 Å². The van der Waals surface area contributed by atoms with Gasteiger partial charge in [-0.15, -0.1) is 0 Å². The van der Waals surface area contributed by atoms with Crippen LogP contribution in [0.4, 0.5) is 0 Å². The van der Waals surface area contributed by atoms with Gasteiger partial charge in [-0.3, -0.25) is 9.59 Å². The molecule has 1 N–H and O–H groups in total. The quantitative estimate of drug-likeness (QED) is 0.468. The average Bonchev–Trinajstić information content (AvgIpc) is 3.11. The molecule has 0 saturated carbocycles. The fraction of sp³-hybridized carbons (Fsp3) is 0.385. The molecule has 0 fully saturated rings. The molecular weight excluding hydrogens is 456 g/mol. The lowest BCUT2D eigenvalue weighted by Crippen LogP contribution is -2.33. The largest absolute Gasteiger partial charge is 0.504 e. The van der Waals surface area contributed by atoms with Gasteiger partial charge in [-0.25, -0.2) is 0 Å². The maximum Gasteiger partial charge on any atom is 0.290 e. The molecule has 0 bridgehead atoms. The van der Waals surface area contributed by atoms with Gasteiger partial charge in [0.15, 0.2) is 16.9 Å². The number of phenolic OH excluding ortho intramolecular Hbond substituents is 1. The fourth-order valence-electron chi connectivity index (χ4n) is 4.55. The first-order valence-electron chi connectivity index (χ1n) is 11.6. The molecule has 4 rings (SSSR count). The predicted octanol–water partition coefficient (Wildman–Crippen LogP) is 4.83. The number of fused-ring (bicyclic) bond motifs is 2. The Morgan fingerprint density at radius 3 is 2.59 bits per heavy atom. The van der Waals surface area contributed by atoms with Crippen LogP contribution >= 0.6 is 11.6 Å². The van der Waals surface area contributed by atoms with Crippen LogP contribution in [-0.2, 0) is 0 Å². The number of carbonyl (C=O) groups is 1. The summed E-state index contributed by atoms with van der Waals surface area (Å²) < 4.78 is 11.5. The molecular formula is C26H29ClN2O5. The third kappa shape index (κ3) is 4.38. The van der Waals surface area contributed by atoms with E-state index in [0.29, 0.717) is 40.5 Å². The number of ether oxygens (including phenoxy) is 1. The highest BCUT2D eigenvalue weighted by Gasteiger charge is 2.42. The maximum absolute atomic E-state index is 13.6. The van der Waals surface area contributed by atoms with Crippen molar-refractivity contribution in [3.05, 3.63) is 68.5 Å². The van der Waals surface area contributed by atoms with Gasteiger partial charge >= 0.3 is 0 Å².